The second kappa shape index (κ2) is 10.6. The minimum absolute atomic E-state index is 0.106. The summed E-state index contributed by atoms with van der Waals surface area (Å²) in [6.45, 7) is 5.29. The molecule has 3 aromatic rings. The SMILES string of the molecule is O=C(NC1NCCS1)C(c1ccccc1)N1Cc2ccc(-c3ccc(N4CCNCC4)cc3)cc2C1=O. The van der Waals surface area contributed by atoms with E-state index in [1.54, 1.807) is 16.7 Å². The molecule has 2 atom stereocenters. The summed E-state index contributed by atoms with van der Waals surface area (Å²) in [6.07, 6.45) is 0. The number of hydrogen-bond donors (Lipinski definition) is 3. The van der Waals surface area contributed by atoms with Crippen LogP contribution in [0.5, 0.6) is 0 Å². The molecule has 190 valence electrons. The van der Waals surface area contributed by atoms with E-state index in [0.29, 0.717) is 12.1 Å². The average Bonchev–Trinajstić information content (AvgIpc) is 3.58. The van der Waals surface area contributed by atoms with E-state index in [-0.39, 0.29) is 17.3 Å². The molecule has 3 heterocycles. The summed E-state index contributed by atoms with van der Waals surface area (Å²) in [5, 5.41) is 9.76. The molecule has 3 N–H and O–H groups in total. The molecule has 8 heteroatoms. The van der Waals surface area contributed by atoms with Gasteiger partial charge in [0, 0.05) is 56.3 Å². The van der Waals surface area contributed by atoms with Gasteiger partial charge in [-0.25, -0.2) is 0 Å². The molecule has 0 saturated carbocycles. The second-order valence-electron chi connectivity index (χ2n) is 9.62. The van der Waals surface area contributed by atoms with Gasteiger partial charge in [-0.1, -0.05) is 54.6 Å². The van der Waals surface area contributed by atoms with Crippen LogP contribution in [0.1, 0.15) is 27.5 Å². The van der Waals surface area contributed by atoms with Crippen LogP contribution in [0.25, 0.3) is 11.1 Å². The molecule has 2 unspecified atom stereocenters. The number of carbonyl (C=O) groups is 2. The summed E-state index contributed by atoms with van der Waals surface area (Å²) in [5.41, 5.74) is 5.62. The van der Waals surface area contributed by atoms with Gasteiger partial charge in [-0.2, -0.15) is 0 Å². The third-order valence-corrected chi connectivity index (χ3v) is 8.35. The molecule has 2 amide bonds. The number of fused-ring (bicyclic) bond motifs is 1. The lowest BCUT2D eigenvalue weighted by Gasteiger charge is -2.29. The standard InChI is InChI=1S/C29H31N5O2S/c35-27(32-29-31-14-17-37-29)26(21-4-2-1-3-5-21)34-19-23-7-6-22(18-25(23)28(34)36)20-8-10-24(11-9-20)33-15-12-30-13-16-33/h1-11,18,26,29-31H,12-17,19H2,(H,32,35). The van der Waals surface area contributed by atoms with Gasteiger partial charge in [0.1, 0.15) is 11.5 Å². The number of benzene rings is 3. The first kappa shape index (κ1) is 24.0. The molecule has 37 heavy (non-hydrogen) atoms. The Balaban J connectivity index is 1.25. The molecule has 3 aliphatic heterocycles. The molecule has 3 aromatic carbocycles. The van der Waals surface area contributed by atoms with Gasteiger partial charge in [-0.3, -0.25) is 14.9 Å². The van der Waals surface area contributed by atoms with Gasteiger partial charge in [0.15, 0.2) is 0 Å². The number of nitrogens with zero attached hydrogens (tertiary/aromatic N) is 2. The lowest BCUT2D eigenvalue weighted by atomic mass is 10.00. The van der Waals surface area contributed by atoms with Gasteiger partial charge in [0.05, 0.1) is 0 Å². The smallest absolute Gasteiger partial charge is 0.255 e. The zero-order chi connectivity index (χ0) is 25.2. The van der Waals surface area contributed by atoms with Crippen LogP contribution in [0, 0.1) is 0 Å². The summed E-state index contributed by atoms with van der Waals surface area (Å²) in [7, 11) is 0. The highest BCUT2D eigenvalue weighted by atomic mass is 32.2. The van der Waals surface area contributed by atoms with E-state index in [2.05, 4.69) is 51.2 Å². The first-order chi connectivity index (χ1) is 18.2. The maximum absolute atomic E-state index is 13.7. The minimum atomic E-state index is -0.689. The van der Waals surface area contributed by atoms with Crippen molar-refractivity contribution in [1.82, 2.24) is 20.9 Å². The van der Waals surface area contributed by atoms with E-state index < -0.39 is 6.04 Å². The highest BCUT2D eigenvalue weighted by molar-refractivity contribution is 8.00. The first-order valence-corrected chi connectivity index (χ1v) is 13.9. The van der Waals surface area contributed by atoms with Crippen LogP contribution in [0.3, 0.4) is 0 Å². The van der Waals surface area contributed by atoms with Crippen molar-refractivity contribution in [1.29, 1.82) is 0 Å². The van der Waals surface area contributed by atoms with Crippen LogP contribution in [0.2, 0.25) is 0 Å². The van der Waals surface area contributed by atoms with Crippen LogP contribution in [0.15, 0.2) is 72.8 Å². The Hall–Kier alpha value is -3.33. The van der Waals surface area contributed by atoms with Gasteiger partial charge in [0.25, 0.3) is 5.91 Å². The summed E-state index contributed by atoms with van der Waals surface area (Å²) in [6, 6.07) is 23.5. The molecule has 0 aliphatic carbocycles. The average molecular weight is 514 g/mol. The van der Waals surface area contributed by atoms with Gasteiger partial charge >= 0.3 is 0 Å². The molecular formula is C29H31N5O2S. The van der Waals surface area contributed by atoms with Crippen molar-refractivity contribution in [2.75, 3.05) is 43.4 Å². The quantitative estimate of drug-likeness (QED) is 0.470. The van der Waals surface area contributed by atoms with Crippen LogP contribution in [0.4, 0.5) is 5.69 Å². The molecule has 7 nitrogen and oxygen atoms in total. The fourth-order valence-electron chi connectivity index (χ4n) is 5.33. The highest BCUT2D eigenvalue weighted by Crippen LogP contribution is 2.35. The Kier molecular flexibility index (Phi) is 6.87. The van der Waals surface area contributed by atoms with E-state index >= 15 is 0 Å². The summed E-state index contributed by atoms with van der Waals surface area (Å²) < 4.78 is 0. The van der Waals surface area contributed by atoms with Gasteiger partial charge < -0.3 is 20.4 Å². The number of amides is 2. The molecule has 2 fully saturated rings. The lowest BCUT2D eigenvalue weighted by Crippen LogP contribution is -2.46. The van der Waals surface area contributed by atoms with Crippen LogP contribution in [-0.2, 0) is 11.3 Å². The van der Waals surface area contributed by atoms with Gasteiger partial charge in [-0.05, 0) is 40.5 Å². The predicted molar refractivity (Wildman–Crippen MR) is 148 cm³/mol. The van der Waals surface area contributed by atoms with Crippen molar-refractivity contribution in [2.45, 2.75) is 18.1 Å². The number of hydrogen-bond acceptors (Lipinski definition) is 6. The Labute approximate surface area is 221 Å². The van der Waals surface area contributed by atoms with E-state index in [9.17, 15) is 9.59 Å². The zero-order valence-electron chi connectivity index (χ0n) is 20.7. The monoisotopic (exact) mass is 513 g/mol. The molecule has 3 aliphatic rings. The number of thioether (sulfide) groups is 1. The Bertz CT molecular complexity index is 1270. The molecule has 0 spiro atoms. The Morgan fingerprint density at radius 2 is 1.70 bits per heavy atom. The fraction of sp³-hybridized carbons (Fsp3) is 0.310. The van der Waals surface area contributed by atoms with Crippen LogP contribution < -0.4 is 20.9 Å². The van der Waals surface area contributed by atoms with Crippen molar-refractivity contribution >= 4 is 29.3 Å². The van der Waals surface area contributed by atoms with Gasteiger partial charge in [0.2, 0.25) is 5.91 Å². The van der Waals surface area contributed by atoms with Crippen molar-refractivity contribution < 1.29 is 9.59 Å². The van der Waals surface area contributed by atoms with E-state index in [0.717, 1.165) is 60.7 Å². The van der Waals surface area contributed by atoms with Gasteiger partial charge in [-0.15, -0.1) is 11.8 Å². The summed E-state index contributed by atoms with van der Waals surface area (Å²) in [4.78, 5) is 31.3. The van der Waals surface area contributed by atoms with E-state index in [4.69, 9.17) is 0 Å². The Morgan fingerprint density at radius 3 is 2.43 bits per heavy atom. The number of carbonyl (C=O) groups excluding carboxylic acids is 2. The lowest BCUT2D eigenvalue weighted by molar-refractivity contribution is -0.126. The maximum atomic E-state index is 13.7. The molecule has 6 rings (SSSR count). The molecule has 0 aromatic heterocycles. The number of rotatable bonds is 6. The largest absolute Gasteiger partial charge is 0.369 e. The molecule has 0 bridgehead atoms. The van der Waals surface area contributed by atoms with Crippen molar-refractivity contribution in [3.63, 3.8) is 0 Å². The van der Waals surface area contributed by atoms with Crippen molar-refractivity contribution in [3.8, 4) is 11.1 Å². The van der Waals surface area contributed by atoms with Crippen LogP contribution >= 0.6 is 11.8 Å². The van der Waals surface area contributed by atoms with E-state index in [1.807, 2.05) is 42.5 Å². The van der Waals surface area contributed by atoms with Crippen molar-refractivity contribution in [2.24, 2.45) is 0 Å². The van der Waals surface area contributed by atoms with Crippen molar-refractivity contribution in [3.05, 3.63) is 89.5 Å². The number of anilines is 1. The summed E-state index contributed by atoms with van der Waals surface area (Å²) in [5.74, 6) is 0.682. The second-order valence-corrected chi connectivity index (χ2v) is 10.8. The summed E-state index contributed by atoms with van der Waals surface area (Å²) >= 11 is 1.67. The Morgan fingerprint density at radius 1 is 0.946 bits per heavy atom. The highest BCUT2D eigenvalue weighted by Gasteiger charge is 2.38. The maximum Gasteiger partial charge on any atom is 0.255 e. The third-order valence-electron chi connectivity index (χ3n) is 7.29. The van der Waals surface area contributed by atoms with E-state index in [1.165, 1.54) is 5.69 Å². The predicted octanol–water partition coefficient (Wildman–Crippen LogP) is 3.20. The normalized spacial score (nSPS) is 20.1. The molecule has 0 radical (unpaired) electrons. The third kappa shape index (κ3) is 4.97. The topological polar surface area (TPSA) is 76.7 Å². The number of piperazine rings is 1. The zero-order valence-corrected chi connectivity index (χ0v) is 21.5. The number of nitrogens with one attached hydrogen (secondary N) is 3. The minimum Gasteiger partial charge on any atom is -0.369 e. The van der Waals surface area contributed by atoms with Crippen LogP contribution in [-0.4, -0.2) is 60.7 Å². The first-order valence-electron chi connectivity index (χ1n) is 12.9. The molecular weight excluding hydrogens is 482 g/mol. The fourth-order valence-corrected chi connectivity index (χ4v) is 6.24. The molecule has 2 saturated heterocycles.